The highest BCUT2D eigenvalue weighted by molar-refractivity contribution is 5.99. The van der Waals surface area contributed by atoms with Gasteiger partial charge in [0.05, 0.1) is 10.9 Å². The van der Waals surface area contributed by atoms with Crippen LogP contribution in [0.15, 0.2) is 47.3 Å². The Labute approximate surface area is 223 Å². The molecule has 0 aliphatic carbocycles. The van der Waals surface area contributed by atoms with E-state index in [9.17, 15) is 14.4 Å². The van der Waals surface area contributed by atoms with Crippen LogP contribution in [0.25, 0.3) is 10.9 Å². The second-order valence-corrected chi connectivity index (χ2v) is 11.0. The van der Waals surface area contributed by atoms with Crippen LogP contribution < -0.4 is 16.2 Å². The van der Waals surface area contributed by atoms with E-state index in [1.54, 1.807) is 6.92 Å². The van der Waals surface area contributed by atoms with Gasteiger partial charge in [-0.05, 0) is 74.4 Å². The van der Waals surface area contributed by atoms with Gasteiger partial charge in [0.2, 0.25) is 11.8 Å². The number of carbonyl (C=O) groups excluding carboxylic acids is 2. The highest BCUT2D eigenvalue weighted by atomic mass is 16.2. The fourth-order valence-electron chi connectivity index (χ4n) is 5.79. The number of aryl methyl sites for hydroxylation is 1. The molecule has 3 heterocycles. The zero-order chi connectivity index (χ0) is 26.8. The van der Waals surface area contributed by atoms with E-state index in [2.05, 4.69) is 58.6 Å². The number of anilines is 1. The van der Waals surface area contributed by atoms with Gasteiger partial charge in [0, 0.05) is 25.2 Å². The monoisotopic (exact) mass is 515 g/mol. The Morgan fingerprint density at radius 3 is 2.39 bits per heavy atom. The summed E-state index contributed by atoms with van der Waals surface area (Å²) in [4.78, 5) is 44.9. The second kappa shape index (κ2) is 11.1. The van der Waals surface area contributed by atoms with Crippen LogP contribution >= 0.6 is 0 Å². The second-order valence-electron chi connectivity index (χ2n) is 11.0. The molecule has 2 aliphatic heterocycles. The van der Waals surface area contributed by atoms with Crippen molar-refractivity contribution in [1.29, 1.82) is 0 Å². The number of amides is 2. The van der Waals surface area contributed by atoms with E-state index in [0.29, 0.717) is 29.0 Å². The molecule has 8 nitrogen and oxygen atoms in total. The summed E-state index contributed by atoms with van der Waals surface area (Å²) < 4.78 is 1.42. The minimum absolute atomic E-state index is 0.201. The molecule has 2 saturated heterocycles. The van der Waals surface area contributed by atoms with Gasteiger partial charge in [-0.3, -0.25) is 29.2 Å². The molecule has 1 unspecified atom stereocenters. The van der Waals surface area contributed by atoms with Crippen LogP contribution in [0, 0.1) is 18.8 Å². The zero-order valence-corrected chi connectivity index (χ0v) is 22.5. The third-order valence-electron chi connectivity index (χ3n) is 8.11. The number of nitrogens with zero attached hydrogens (tertiary/aromatic N) is 3. The number of aromatic nitrogens is 2. The van der Waals surface area contributed by atoms with Crippen molar-refractivity contribution in [2.75, 3.05) is 18.4 Å². The summed E-state index contributed by atoms with van der Waals surface area (Å²) in [5.41, 5.74) is 3.42. The van der Waals surface area contributed by atoms with E-state index in [0.717, 1.165) is 37.0 Å². The first kappa shape index (κ1) is 26.1. The third-order valence-corrected chi connectivity index (χ3v) is 8.11. The van der Waals surface area contributed by atoms with Gasteiger partial charge in [-0.25, -0.2) is 4.98 Å². The SMILES string of the molecule is Cc1nc2cccc(NCc3ccc(CN4CCC(C(C)C)CC4)cc3)c2c(=O)n1C1CCC(=O)NC1=O. The number of fused-ring (bicyclic) bond motifs is 1. The van der Waals surface area contributed by atoms with Crippen LogP contribution in [0.5, 0.6) is 0 Å². The van der Waals surface area contributed by atoms with Crippen molar-refractivity contribution in [2.24, 2.45) is 11.8 Å². The number of imide groups is 1. The topological polar surface area (TPSA) is 96.3 Å². The lowest BCUT2D eigenvalue weighted by atomic mass is 9.86. The van der Waals surface area contributed by atoms with Crippen molar-refractivity contribution in [3.63, 3.8) is 0 Å². The number of piperidine rings is 2. The van der Waals surface area contributed by atoms with Gasteiger partial charge in [0.15, 0.2) is 0 Å². The predicted octanol–water partition coefficient (Wildman–Crippen LogP) is 4.16. The van der Waals surface area contributed by atoms with Crippen LogP contribution in [0.4, 0.5) is 5.69 Å². The van der Waals surface area contributed by atoms with Crippen LogP contribution in [0.1, 0.15) is 62.5 Å². The summed E-state index contributed by atoms with van der Waals surface area (Å²) in [6.45, 7) is 10.2. The first-order valence-corrected chi connectivity index (χ1v) is 13.7. The highest BCUT2D eigenvalue weighted by Gasteiger charge is 2.30. The van der Waals surface area contributed by atoms with Gasteiger partial charge in [0.1, 0.15) is 11.9 Å². The van der Waals surface area contributed by atoms with Crippen molar-refractivity contribution >= 4 is 28.4 Å². The number of hydrogen-bond acceptors (Lipinski definition) is 6. The van der Waals surface area contributed by atoms with Gasteiger partial charge < -0.3 is 5.32 Å². The molecule has 0 spiro atoms. The van der Waals surface area contributed by atoms with Gasteiger partial charge in [-0.1, -0.05) is 44.2 Å². The fraction of sp³-hybridized carbons (Fsp3) is 0.467. The summed E-state index contributed by atoms with van der Waals surface area (Å²) in [6.07, 6.45) is 3.05. The van der Waals surface area contributed by atoms with Gasteiger partial charge in [-0.2, -0.15) is 0 Å². The molecular weight excluding hydrogens is 478 g/mol. The molecule has 200 valence electrons. The first-order chi connectivity index (χ1) is 18.3. The smallest absolute Gasteiger partial charge is 0.264 e. The lowest BCUT2D eigenvalue weighted by Crippen LogP contribution is -2.45. The standard InChI is InChI=1S/C30H37N5O3/c1-19(2)23-13-15-34(16-14-23)18-22-9-7-21(8-10-22)17-31-24-5-4-6-25-28(24)30(38)35(20(3)32-25)26-11-12-27(36)33-29(26)37/h4-10,19,23,26,31H,11-18H2,1-3H3,(H,33,36,37). The van der Waals surface area contributed by atoms with E-state index in [-0.39, 0.29) is 24.3 Å². The number of hydrogen-bond donors (Lipinski definition) is 2. The molecule has 1 atom stereocenters. The predicted molar refractivity (Wildman–Crippen MR) is 149 cm³/mol. The molecule has 2 aliphatic rings. The molecule has 0 saturated carbocycles. The van der Waals surface area contributed by atoms with Gasteiger partial charge >= 0.3 is 0 Å². The Morgan fingerprint density at radius 2 is 1.71 bits per heavy atom. The number of rotatable bonds is 7. The number of carbonyl (C=O) groups is 2. The quantitative estimate of drug-likeness (QED) is 0.459. The number of nitrogens with one attached hydrogen (secondary N) is 2. The third kappa shape index (κ3) is 5.50. The Bertz CT molecular complexity index is 1390. The molecule has 2 amide bonds. The van der Waals surface area contributed by atoms with Crippen LogP contribution in [0.2, 0.25) is 0 Å². The molecule has 0 radical (unpaired) electrons. The minimum atomic E-state index is -0.742. The first-order valence-electron chi connectivity index (χ1n) is 13.7. The highest BCUT2D eigenvalue weighted by Crippen LogP contribution is 2.26. The molecule has 38 heavy (non-hydrogen) atoms. The maximum absolute atomic E-state index is 13.6. The molecule has 2 N–H and O–H groups in total. The lowest BCUT2D eigenvalue weighted by Gasteiger charge is -2.33. The summed E-state index contributed by atoms with van der Waals surface area (Å²) >= 11 is 0. The van der Waals surface area contributed by atoms with E-state index < -0.39 is 11.9 Å². The summed E-state index contributed by atoms with van der Waals surface area (Å²) in [5, 5.41) is 6.20. The summed E-state index contributed by atoms with van der Waals surface area (Å²) in [7, 11) is 0. The molecule has 1 aromatic heterocycles. The van der Waals surface area contributed by atoms with Gasteiger partial charge in [0.25, 0.3) is 5.56 Å². The zero-order valence-electron chi connectivity index (χ0n) is 22.5. The average molecular weight is 516 g/mol. The Hall–Kier alpha value is -3.52. The maximum atomic E-state index is 13.6. The normalized spacial score (nSPS) is 19.2. The van der Waals surface area contributed by atoms with Crippen molar-refractivity contribution in [3.05, 3.63) is 69.8 Å². The molecule has 2 fully saturated rings. The Kier molecular flexibility index (Phi) is 7.61. The number of benzene rings is 2. The van der Waals surface area contributed by atoms with Crippen LogP contribution in [-0.2, 0) is 22.7 Å². The fourth-order valence-corrected chi connectivity index (χ4v) is 5.79. The average Bonchev–Trinajstić information content (AvgIpc) is 2.89. The van der Waals surface area contributed by atoms with Crippen LogP contribution in [-0.4, -0.2) is 39.4 Å². The largest absolute Gasteiger partial charge is 0.380 e. The number of likely N-dealkylation sites (tertiary alicyclic amines) is 1. The molecule has 3 aromatic rings. The molecular formula is C30H37N5O3. The molecule has 0 bridgehead atoms. The van der Waals surface area contributed by atoms with Gasteiger partial charge in [-0.15, -0.1) is 0 Å². The van der Waals surface area contributed by atoms with E-state index in [1.807, 2.05) is 18.2 Å². The molecule has 2 aromatic carbocycles. The van der Waals surface area contributed by atoms with Crippen molar-refractivity contribution in [1.82, 2.24) is 19.8 Å². The summed E-state index contributed by atoms with van der Waals surface area (Å²) in [5.74, 6) is 1.31. The lowest BCUT2D eigenvalue weighted by molar-refractivity contribution is -0.135. The van der Waals surface area contributed by atoms with E-state index >= 15 is 0 Å². The minimum Gasteiger partial charge on any atom is -0.380 e. The van der Waals surface area contributed by atoms with E-state index in [4.69, 9.17) is 0 Å². The van der Waals surface area contributed by atoms with Crippen LogP contribution in [0.3, 0.4) is 0 Å². The van der Waals surface area contributed by atoms with E-state index in [1.165, 1.54) is 23.0 Å². The molecule has 8 heteroatoms. The van der Waals surface area contributed by atoms with Crippen molar-refractivity contribution < 1.29 is 9.59 Å². The Balaban J connectivity index is 1.29. The summed E-state index contributed by atoms with van der Waals surface area (Å²) in [6, 6.07) is 13.5. The maximum Gasteiger partial charge on any atom is 0.264 e. The Morgan fingerprint density at radius 1 is 1.00 bits per heavy atom. The van der Waals surface area contributed by atoms with Crippen molar-refractivity contribution in [3.8, 4) is 0 Å². The van der Waals surface area contributed by atoms with Crippen molar-refractivity contribution in [2.45, 2.75) is 65.6 Å². The molecule has 5 rings (SSSR count).